The van der Waals surface area contributed by atoms with Gasteiger partial charge in [0.2, 0.25) is 11.8 Å². The van der Waals surface area contributed by atoms with Gasteiger partial charge in [-0.25, -0.2) is 0 Å². The highest BCUT2D eigenvalue weighted by Crippen LogP contribution is 2.33. The summed E-state index contributed by atoms with van der Waals surface area (Å²) in [5.74, 6) is 0.995. The third kappa shape index (κ3) is 3.12. The molecule has 1 aromatic carbocycles. The first-order valence-electron chi connectivity index (χ1n) is 6.89. The molecular formula is C16H15N3O2S. The lowest BCUT2D eigenvalue weighted by atomic mass is 10.1. The Balaban J connectivity index is 1.78. The molecule has 2 heterocycles. The highest BCUT2D eigenvalue weighted by Gasteiger charge is 2.19. The van der Waals surface area contributed by atoms with E-state index in [0.717, 1.165) is 10.3 Å². The zero-order valence-electron chi connectivity index (χ0n) is 12.3. The molecule has 3 rings (SSSR count). The van der Waals surface area contributed by atoms with E-state index in [1.54, 1.807) is 12.1 Å². The third-order valence-corrected chi connectivity index (χ3v) is 4.29. The van der Waals surface area contributed by atoms with E-state index in [1.165, 1.54) is 23.5 Å². The van der Waals surface area contributed by atoms with E-state index in [9.17, 15) is 5.21 Å². The van der Waals surface area contributed by atoms with Crippen LogP contribution in [-0.2, 0) is 0 Å². The standard InChI is InChI=1S/C16H15N3O2S/c1-11-6-8-13(9-7-11)16-18-17-15(21-16)12(2)22-14-5-3-4-10-19(14)20/h3-10,12H,1-2H3. The SMILES string of the molecule is Cc1ccc(-c2nnc(C(C)Sc3cccc[n+]3[O-])o2)cc1. The predicted molar refractivity (Wildman–Crippen MR) is 84.1 cm³/mol. The van der Waals surface area contributed by atoms with Crippen LogP contribution in [0.2, 0.25) is 0 Å². The number of thioether (sulfide) groups is 1. The molecule has 0 fully saturated rings. The van der Waals surface area contributed by atoms with Gasteiger partial charge in [-0.15, -0.1) is 10.2 Å². The van der Waals surface area contributed by atoms with Gasteiger partial charge in [-0.05, 0) is 43.8 Å². The molecule has 0 spiro atoms. The van der Waals surface area contributed by atoms with Gasteiger partial charge in [0.25, 0.3) is 5.03 Å². The molecule has 6 heteroatoms. The summed E-state index contributed by atoms with van der Waals surface area (Å²) in [4.78, 5) is 0. The molecule has 0 saturated heterocycles. The molecule has 0 radical (unpaired) electrons. The molecule has 1 atom stereocenters. The summed E-state index contributed by atoms with van der Waals surface area (Å²) in [6, 6.07) is 13.2. The molecule has 0 bridgehead atoms. The molecule has 5 nitrogen and oxygen atoms in total. The minimum atomic E-state index is -0.103. The molecule has 0 N–H and O–H groups in total. The van der Waals surface area contributed by atoms with Crippen molar-refractivity contribution in [3.05, 3.63) is 65.3 Å². The Labute approximate surface area is 132 Å². The highest BCUT2D eigenvalue weighted by molar-refractivity contribution is 7.99. The van der Waals surface area contributed by atoms with Crippen molar-refractivity contribution < 1.29 is 9.15 Å². The Kier molecular flexibility index (Phi) is 4.11. The summed E-state index contributed by atoms with van der Waals surface area (Å²) in [6.07, 6.45) is 1.47. The maximum absolute atomic E-state index is 11.7. The Hall–Kier alpha value is -2.34. The summed E-state index contributed by atoms with van der Waals surface area (Å²) in [5.41, 5.74) is 2.07. The number of nitrogens with zero attached hydrogens (tertiary/aromatic N) is 3. The van der Waals surface area contributed by atoms with Gasteiger partial charge >= 0.3 is 0 Å². The van der Waals surface area contributed by atoms with Gasteiger partial charge in [0.1, 0.15) is 0 Å². The molecule has 3 aromatic rings. The molecule has 0 aliphatic rings. The summed E-state index contributed by atoms with van der Waals surface area (Å²) in [7, 11) is 0. The molecule has 22 heavy (non-hydrogen) atoms. The number of hydrogen-bond donors (Lipinski definition) is 0. The minimum Gasteiger partial charge on any atom is -0.618 e. The molecule has 1 unspecified atom stereocenters. The Bertz CT molecular complexity index is 771. The first-order chi connectivity index (χ1) is 10.6. The normalized spacial score (nSPS) is 12.3. The lowest BCUT2D eigenvalue weighted by Crippen LogP contribution is -2.27. The number of hydrogen-bond acceptors (Lipinski definition) is 5. The van der Waals surface area contributed by atoms with Crippen LogP contribution < -0.4 is 4.73 Å². The van der Waals surface area contributed by atoms with Crippen LogP contribution in [-0.4, -0.2) is 10.2 Å². The van der Waals surface area contributed by atoms with Crippen molar-refractivity contribution in [2.24, 2.45) is 0 Å². The van der Waals surface area contributed by atoms with Gasteiger partial charge in [0.15, 0.2) is 6.20 Å². The quantitative estimate of drug-likeness (QED) is 0.419. The van der Waals surface area contributed by atoms with Crippen LogP contribution in [0.5, 0.6) is 0 Å². The van der Waals surface area contributed by atoms with Crippen LogP contribution >= 0.6 is 11.8 Å². The lowest BCUT2D eigenvalue weighted by Gasteiger charge is -2.06. The predicted octanol–water partition coefficient (Wildman–Crippen LogP) is 3.53. The van der Waals surface area contributed by atoms with Gasteiger partial charge < -0.3 is 9.62 Å². The Morgan fingerprint density at radius 2 is 1.91 bits per heavy atom. The fraction of sp³-hybridized carbons (Fsp3) is 0.188. The number of aryl methyl sites for hydroxylation is 1. The van der Waals surface area contributed by atoms with Crippen LogP contribution in [0.4, 0.5) is 0 Å². The summed E-state index contributed by atoms with van der Waals surface area (Å²) in [6.45, 7) is 3.96. The van der Waals surface area contributed by atoms with Crippen LogP contribution in [0.3, 0.4) is 0 Å². The van der Waals surface area contributed by atoms with E-state index in [4.69, 9.17) is 4.42 Å². The van der Waals surface area contributed by atoms with Crippen molar-refractivity contribution in [2.75, 3.05) is 0 Å². The molecule has 0 saturated carbocycles. The topological polar surface area (TPSA) is 65.9 Å². The fourth-order valence-electron chi connectivity index (χ4n) is 1.95. The first kappa shape index (κ1) is 14.6. The zero-order valence-corrected chi connectivity index (χ0v) is 13.1. The highest BCUT2D eigenvalue weighted by atomic mass is 32.2. The summed E-state index contributed by atoms with van der Waals surface area (Å²) in [5, 5.41) is 20.4. The Morgan fingerprint density at radius 3 is 2.64 bits per heavy atom. The van der Waals surface area contributed by atoms with Gasteiger partial charge in [0, 0.05) is 17.7 Å². The van der Waals surface area contributed by atoms with Crippen molar-refractivity contribution >= 4 is 11.8 Å². The molecule has 0 amide bonds. The van der Waals surface area contributed by atoms with Gasteiger partial charge in [-0.1, -0.05) is 17.7 Å². The second-order valence-electron chi connectivity index (χ2n) is 4.94. The summed E-state index contributed by atoms with van der Waals surface area (Å²) >= 11 is 1.39. The number of pyridine rings is 1. The van der Waals surface area contributed by atoms with E-state index in [-0.39, 0.29) is 5.25 Å². The monoisotopic (exact) mass is 313 g/mol. The molecule has 2 aromatic heterocycles. The van der Waals surface area contributed by atoms with Crippen molar-refractivity contribution in [2.45, 2.75) is 24.1 Å². The van der Waals surface area contributed by atoms with Crippen LogP contribution in [0.25, 0.3) is 11.5 Å². The lowest BCUT2D eigenvalue weighted by molar-refractivity contribution is -0.645. The molecular weight excluding hydrogens is 298 g/mol. The van der Waals surface area contributed by atoms with E-state index in [2.05, 4.69) is 10.2 Å². The first-order valence-corrected chi connectivity index (χ1v) is 7.77. The van der Waals surface area contributed by atoms with Crippen LogP contribution in [0.15, 0.2) is 58.1 Å². The second-order valence-corrected chi connectivity index (χ2v) is 6.30. The number of benzene rings is 1. The maximum Gasteiger partial charge on any atom is 0.252 e. The Morgan fingerprint density at radius 1 is 1.14 bits per heavy atom. The molecule has 112 valence electrons. The van der Waals surface area contributed by atoms with Gasteiger partial charge in [-0.3, -0.25) is 0 Å². The van der Waals surface area contributed by atoms with Crippen LogP contribution in [0, 0.1) is 12.1 Å². The van der Waals surface area contributed by atoms with Gasteiger partial charge in [0.05, 0.1) is 5.25 Å². The van der Waals surface area contributed by atoms with Crippen molar-refractivity contribution in [1.82, 2.24) is 10.2 Å². The van der Waals surface area contributed by atoms with E-state index < -0.39 is 0 Å². The van der Waals surface area contributed by atoms with E-state index in [0.29, 0.717) is 16.8 Å². The third-order valence-electron chi connectivity index (χ3n) is 3.17. The van der Waals surface area contributed by atoms with Crippen LogP contribution in [0.1, 0.15) is 23.6 Å². The number of rotatable bonds is 4. The maximum atomic E-state index is 11.7. The number of aromatic nitrogens is 3. The fourth-order valence-corrected chi connectivity index (χ4v) is 2.83. The summed E-state index contributed by atoms with van der Waals surface area (Å²) < 4.78 is 6.56. The zero-order chi connectivity index (χ0) is 15.5. The average Bonchev–Trinajstić information content (AvgIpc) is 3.00. The molecule has 0 aliphatic heterocycles. The van der Waals surface area contributed by atoms with E-state index in [1.807, 2.05) is 44.2 Å². The molecule has 0 aliphatic carbocycles. The van der Waals surface area contributed by atoms with Crippen molar-refractivity contribution in [3.63, 3.8) is 0 Å². The van der Waals surface area contributed by atoms with Gasteiger partial charge in [-0.2, -0.15) is 4.73 Å². The second kappa shape index (κ2) is 6.19. The van der Waals surface area contributed by atoms with Crippen molar-refractivity contribution in [1.29, 1.82) is 0 Å². The minimum absolute atomic E-state index is 0.103. The average molecular weight is 313 g/mol. The smallest absolute Gasteiger partial charge is 0.252 e. The largest absolute Gasteiger partial charge is 0.618 e. The van der Waals surface area contributed by atoms with Crippen molar-refractivity contribution in [3.8, 4) is 11.5 Å². The van der Waals surface area contributed by atoms with E-state index >= 15 is 0 Å².